The average Bonchev–Trinajstić information content (AvgIpc) is 2.11. The molecule has 0 aromatic carbocycles. The molecule has 0 bridgehead atoms. The van der Waals surface area contributed by atoms with E-state index in [2.05, 4.69) is 0 Å². The number of aliphatic hydroxyl groups excluding tert-OH is 1. The quantitative estimate of drug-likeness (QED) is 0.646. The largest absolute Gasteiger partial charge is 0.396 e. The van der Waals surface area contributed by atoms with Crippen molar-refractivity contribution in [2.75, 3.05) is 6.61 Å². The molecular formula is C9H18NO2. The van der Waals surface area contributed by atoms with Gasteiger partial charge < -0.3 is 5.11 Å². The van der Waals surface area contributed by atoms with E-state index in [1.165, 1.54) is 0 Å². The van der Waals surface area contributed by atoms with Gasteiger partial charge in [-0.05, 0) is 34.1 Å². The SMILES string of the molecule is CC1(C)CC(CO)C(C)(C)N1[O]. The van der Waals surface area contributed by atoms with E-state index in [1.54, 1.807) is 0 Å². The van der Waals surface area contributed by atoms with Crippen LogP contribution in [0.1, 0.15) is 34.1 Å². The molecule has 1 aliphatic rings. The van der Waals surface area contributed by atoms with Crippen LogP contribution in [-0.4, -0.2) is 27.9 Å². The first kappa shape index (κ1) is 9.96. The minimum atomic E-state index is -0.418. The van der Waals surface area contributed by atoms with Crippen LogP contribution in [0.2, 0.25) is 0 Å². The van der Waals surface area contributed by atoms with Crippen LogP contribution in [0, 0.1) is 5.92 Å². The lowest BCUT2D eigenvalue weighted by atomic mass is 9.88. The summed E-state index contributed by atoms with van der Waals surface area (Å²) in [6.07, 6.45) is 0.778. The lowest BCUT2D eigenvalue weighted by Gasteiger charge is -2.33. The molecule has 1 radical (unpaired) electrons. The van der Waals surface area contributed by atoms with Crippen molar-refractivity contribution in [3.05, 3.63) is 0 Å². The molecule has 1 N–H and O–H groups in total. The topological polar surface area (TPSA) is 43.4 Å². The van der Waals surface area contributed by atoms with Gasteiger partial charge in [0.25, 0.3) is 0 Å². The molecule has 1 heterocycles. The molecule has 0 saturated carbocycles. The van der Waals surface area contributed by atoms with E-state index in [0.29, 0.717) is 0 Å². The highest BCUT2D eigenvalue weighted by Crippen LogP contribution is 2.43. The minimum absolute atomic E-state index is 0.102. The van der Waals surface area contributed by atoms with Crippen LogP contribution >= 0.6 is 0 Å². The Hall–Kier alpha value is -0.120. The zero-order chi connectivity index (χ0) is 9.57. The van der Waals surface area contributed by atoms with Crippen molar-refractivity contribution < 1.29 is 10.3 Å². The number of hydrogen-bond donors (Lipinski definition) is 1. The Kier molecular flexibility index (Phi) is 2.23. The van der Waals surface area contributed by atoms with Gasteiger partial charge in [0.15, 0.2) is 0 Å². The second kappa shape index (κ2) is 2.69. The third kappa shape index (κ3) is 1.26. The zero-order valence-electron chi connectivity index (χ0n) is 8.29. The van der Waals surface area contributed by atoms with E-state index < -0.39 is 5.54 Å². The van der Waals surface area contributed by atoms with Gasteiger partial charge in [-0.1, -0.05) is 0 Å². The fourth-order valence-electron chi connectivity index (χ4n) is 2.17. The summed E-state index contributed by atoms with van der Waals surface area (Å²) in [5, 5.41) is 21.9. The fourth-order valence-corrected chi connectivity index (χ4v) is 2.17. The first-order valence-electron chi connectivity index (χ1n) is 4.40. The van der Waals surface area contributed by atoms with E-state index in [0.717, 1.165) is 11.5 Å². The van der Waals surface area contributed by atoms with Crippen molar-refractivity contribution in [1.82, 2.24) is 5.06 Å². The van der Waals surface area contributed by atoms with Crippen LogP contribution in [0.4, 0.5) is 0 Å². The maximum Gasteiger partial charge on any atom is 0.0494 e. The summed E-state index contributed by atoms with van der Waals surface area (Å²) in [5.41, 5.74) is -0.741. The molecule has 1 rings (SSSR count). The van der Waals surface area contributed by atoms with Gasteiger partial charge in [0, 0.05) is 23.6 Å². The van der Waals surface area contributed by atoms with E-state index in [1.807, 2.05) is 27.7 Å². The van der Waals surface area contributed by atoms with Gasteiger partial charge in [0.1, 0.15) is 0 Å². The van der Waals surface area contributed by atoms with Crippen LogP contribution in [0.5, 0.6) is 0 Å². The van der Waals surface area contributed by atoms with Crippen LogP contribution < -0.4 is 0 Å². The summed E-state index contributed by atoms with van der Waals surface area (Å²) in [6, 6.07) is 0. The van der Waals surface area contributed by atoms with Crippen molar-refractivity contribution >= 4 is 0 Å². The molecule has 1 unspecified atom stereocenters. The summed E-state index contributed by atoms with van der Waals surface area (Å²) in [6.45, 7) is 7.76. The Morgan fingerprint density at radius 2 is 1.92 bits per heavy atom. The number of hydroxylamine groups is 2. The molecule has 71 valence electrons. The predicted octanol–water partition coefficient (Wildman–Crippen LogP) is 1.20. The monoisotopic (exact) mass is 172 g/mol. The Morgan fingerprint density at radius 1 is 1.42 bits per heavy atom. The second-order valence-corrected chi connectivity index (χ2v) is 4.84. The van der Waals surface area contributed by atoms with Gasteiger partial charge in [0.2, 0.25) is 0 Å². The molecule has 3 nitrogen and oxygen atoms in total. The van der Waals surface area contributed by atoms with Gasteiger partial charge in [-0.15, -0.1) is 10.3 Å². The molecule has 1 atom stereocenters. The maximum absolute atomic E-state index is 11.7. The van der Waals surface area contributed by atoms with Crippen molar-refractivity contribution in [3.63, 3.8) is 0 Å². The van der Waals surface area contributed by atoms with Crippen LogP contribution in [-0.2, 0) is 5.21 Å². The van der Waals surface area contributed by atoms with Gasteiger partial charge in [0.05, 0.1) is 0 Å². The number of nitrogens with zero attached hydrogens (tertiary/aromatic N) is 1. The number of rotatable bonds is 1. The number of hydrogen-bond acceptors (Lipinski definition) is 2. The predicted molar refractivity (Wildman–Crippen MR) is 45.9 cm³/mol. The third-order valence-electron chi connectivity index (χ3n) is 3.04. The first-order chi connectivity index (χ1) is 5.32. The molecule has 1 aliphatic heterocycles. The van der Waals surface area contributed by atoms with Crippen molar-refractivity contribution in [2.24, 2.45) is 5.92 Å². The van der Waals surface area contributed by atoms with Crippen molar-refractivity contribution in [1.29, 1.82) is 0 Å². The molecule has 1 fully saturated rings. The smallest absolute Gasteiger partial charge is 0.0494 e. The molecule has 12 heavy (non-hydrogen) atoms. The summed E-state index contributed by atoms with van der Waals surface area (Å²) in [7, 11) is 0. The Labute approximate surface area is 74.0 Å². The summed E-state index contributed by atoms with van der Waals surface area (Å²) < 4.78 is 0. The van der Waals surface area contributed by atoms with E-state index in [4.69, 9.17) is 5.11 Å². The molecule has 0 spiro atoms. The van der Waals surface area contributed by atoms with Crippen LogP contribution in [0.3, 0.4) is 0 Å². The summed E-state index contributed by atoms with van der Waals surface area (Å²) in [5.74, 6) is 0.102. The molecule has 3 heteroatoms. The van der Waals surface area contributed by atoms with Crippen molar-refractivity contribution in [3.8, 4) is 0 Å². The highest BCUT2D eigenvalue weighted by atomic mass is 16.5. The van der Waals surface area contributed by atoms with Crippen molar-refractivity contribution in [2.45, 2.75) is 45.2 Å². The van der Waals surface area contributed by atoms with E-state index >= 15 is 0 Å². The molecule has 0 amide bonds. The summed E-state index contributed by atoms with van der Waals surface area (Å²) >= 11 is 0. The lowest BCUT2D eigenvalue weighted by molar-refractivity contribution is -0.249. The number of aliphatic hydroxyl groups is 1. The summed E-state index contributed by atoms with van der Waals surface area (Å²) in [4.78, 5) is 0. The van der Waals surface area contributed by atoms with Crippen LogP contribution in [0.15, 0.2) is 0 Å². The first-order valence-corrected chi connectivity index (χ1v) is 4.40. The second-order valence-electron chi connectivity index (χ2n) is 4.84. The zero-order valence-corrected chi connectivity index (χ0v) is 8.29. The molecular weight excluding hydrogens is 154 g/mol. The third-order valence-corrected chi connectivity index (χ3v) is 3.04. The van der Waals surface area contributed by atoms with Crippen LogP contribution in [0.25, 0.3) is 0 Å². The Morgan fingerprint density at radius 3 is 2.08 bits per heavy atom. The average molecular weight is 172 g/mol. The minimum Gasteiger partial charge on any atom is -0.396 e. The molecule has 0 aromatic rings. The normalized spacial score (nSPS) is 34.0. The standard InChI is InChI=1S/C9H18NO2/c1-8(2)5-7(6-11)9(3,4)10(8)12/h7,11H,5-6H2,1-4H3. The van der Waals surface area contributed by atoms with Gasteiger partial charge in [-0.3, -0.25) is 0 Å². The Bertz CT molecular complexity index is 177. The van der Waals surface area contributed by atoms with Gasteiger partial charge in [-0.2, -0.15) is 0 Å². The lowest BCUT2D eigenvalue weighted by Crippen LogP contribution is -2.46. The van der Waals surface area contributed by atoms with Gasteiger partial charge in [-0.25, -0.2) is 0 Å². The maximum atomic E-state index is 11.7. The molecule has 0 aliphatic carbocycles. The van der Waals surface area contributed by atoms with E-state index in [-0.39, 0.29) is 18.1 Å². The fraction of sp³-hybridized carbons (Fsp3) is 1.00. The van der Waals surface area contributed by atoms with Gasteiger partial charge >= 0.3 is 0 Å². The highest BCUT2D eigenvalue weighted by Gasteiger charge is 2.51. The molecule has 1 saturated heterocycles. The highest BCUT2D eigenvalue weighted by molar-refractivity contribution is 5.01. The van der Waals surface area contributed by atoms with E-state index in [9.17, 15) is 5.21 Å². The Balaban J connectivity index is 2.88. The molecule has 0 aromatic heterocycles.